The Kier molecular flexibility index (Phi) is 3.37. The molecule has 0 radical (unpaired) electrons. The maximum Gasteiger partial charge on any atom is 0.0613 e. The van der Waals surface area contributed by atoms with Gasteiger partial charge in [0.15, 0.2) is 0 Å². The standard InChI is InChI=1S/C15H19NOS/c17-11-15(7-3-4-8-15)16-10-13-9-12-5-1-2-6-14(12)18-13/h1-2,5-6,9,16-17H,3-4,7-8,10-11H2. The summed E-state index contributed by atoms with van der Waals surface area (Å²) in [7, 11) is 0. The van der Waals surface area contributed by atoms with Crippen LogP contribution in [0.25, 0.3) is 10.1 Å². The molecule has 0 spiro atoms. The summed E-state index contributed by atoms with van der Waals surface area (Å²) < 4.78 is 1.35. The molecular formula is C15H19NOS. The van der Waals surface area contributed by atoms with Gasteiger partial charge in [0, 0.05) is 21.7 Å². The molecule has 3 heteroatoms. The van der Waals surface area contributed by atoms with Crippen LogP contribution in [0, 0.1) is 0 Å². The molecule has 2 N–H and O–H groups in total. The zero-order valence-corrected chi connectivity index (χ0v) is 11.3. The minimum atomic E-state index is -0.0177. The Balaban J connectivity index is 1.72. The van der Waals surface area contributed by atoms with Crippen LogP contribution >= 0.6 is 11.3 Å². The number of rotatable bonds is 4. The van der Waals surface area contributed by atoms with Gasteiger partial charge in [-0.1, -0.05) is 31.0 Å². The topological polar surface area (TPSA) is 32.3 Å². The van der Waals surface area contributed by atoms with E-state index in [1.54, 1.807) is 0 Å². The number of aliphatic hydroxyl groups is 1. The number of nitrogens with one attached hydrogen (secondary N) is 1. The van der Waals surface area contributed by atoms with E-state index in [2.05, 4.69) is 35.6 Å². The molecule has 0 bridgehead atoms. The highest BCUT2D eigenvalue weighted by molar-refractivity contribution is 7.19. The van der Waals surface area contributed by atoms with Crippen LogP contribution in [-0.2, 0) is 6.54 Å². The van der Waals surface area contributed by atoms with E-state index in [9.17, 15) is 5.11 Å². The predicted octanol–water partition coefficient (Wildman–Crippen LogP) is 3.30. The summed E-state index contributed by atoms with van der Waals surface area (Å²) in [6.45, 7) is 1.14. The molecule has 1 aliphatic rings. The fourth-order valence-electron chi connectivity index (χ4n) is 2.84. The van der Waals surface area contributed by atoms with Crippen molar-refractivity contribution in [3.8, 4) is 0 Å². The molecule has 18 heavy (non-hydrogen) atoms. The first-order valence-electron chi connectivity index (χ1n) is 6.65. The second kappa shape index (κ2) is 5.00. The minimum Gasteiger partial charge on any atom is -0.394 e. The molecule has 0 amide bonds. The van der Waals surface area contributed by atoms with E-state index in [0.29, 0.717) is 0 Å². The van der Waals surface area contributed by atoms with Crippen LogP contribution in [0.5, 0.6) is 0 Å². The van der Waals surface area contributed by atoms with Gasteiger partial charge in [0.1, 0.15) is 0 Å². The van der Waals surface area contributed by atoms with Crippen molar-refractivity contribution in [2.24, 2.45) is 0 Å². The SMILES string of the molecule is OCC1(NCc2cc3ccccc3s2)CCCC1. The Labute approximate surface area is 112 Å². The zero-order valence-electron chi connectivity index (χ0n) is 10.5. The van der Waals surface area contributed by atoms with Gasteiger partial charge in [0.25, 0.3) is 0 Å². The summed E-state index contributed by atoms with van der Waals surface area (Å²) in [4.78, 5) is 1.36. The van der Waals surface area contributed by atoms with Crippen molar-refractivity contribution in [2.75, 3.05) is 6.61 Å². The van der Waals surface area contributed by atoms with Crippen LogP contribution in [0.2, 0.25) is 0 Å². The van der Waals surface area contributed by atoms with E-state index in [0.717, 1.165) is 19.4 Å². The molecule has 96 valence electrons. The quantitative estimate of drug-likeness (QED) is 0.885. The van der Waals surface area contributed by atoms with Crippen LogP contribution in [0.1, 0.15) is 30.6 Å². The lowest BCUT2D eigenvalue weighted by Gasteiger charge is -2.27. The van der Waals surface area contributed by atoms with Crippen LogP contribution in [0.15, 0.2) is 30.3 Å². The van der Waals surface area contributed by atoms with Gasteiger partial charge in [0.05, 0.1) is 6.61 Å². The Bertz CT molecular complexity index is 495. The molecule has 1 heterocycles. The molecule has 0 aliphatic heterocycles. The summed E-state index contributed by atoms with van der Waals surface area (Å²) in [5.74, 6) is 0. The van der Waals surface area contributed by atoms with Crippen molar-refractivity contribution in [3.05, 3.63) is 35.2 Å². The number of aliphatic hydroxyl groups excluding tert-OH is 1. The van der Waals surface area contributed by atoms with Gasteiger partial charge in [-0.3, -0.25) is 0 Å². The molecule has 1 aromatic heterocycles. The Hall–Kier alpha value is -0.900. The number of thiophene rings is 1. The maximum absolute atomic E-state index is 9.58. The lowest BCUT2D eigenvalue weighted by Crippen LogP contribution is -2.45. The van der Waals surface area contributed by atoms with Crippen molar-refractivity contribution in [1.29, 1.82) is 0 Å². The largest absolute Gasteiger partial charge is 0.394 e. The highest BCUT2D eigenvalue weighted by Crippen LogP contribution is 2.31. The van der Waals surface area contributed by atoms with Crippen molar-refractivity contribution in [3.63, 3.8) is 0 Å². The second-order valence-corrected chi connectivity index (χ2v) is 6.42. The summed E-state index contributed by atoms with van der Waals surface area (Å²) in [5.41, 5.74) is -0.0177. The molecule has 3 rings (SSSR count). The minimum absolute atomic E-state index is 0.0177. The molecular weight excluding hydrogens is 242 g/mol. The zero-order chi connectivity index (χ0) is 12.4. The Morgan fingerprint density at radius 3 is 2.72 bits per heavy atom. The van der Waals surface area contributed by atoms with Gasteiger partial charge in [-0.25, -0.2) is 0 Å². The van der Waals surface area contributed by atoms with Crippen molar-refractivity contribution >= 4 is 21.4 Å². The predicted molar refractivity (Wildman–Crippen MR) is 76.9 cm³/mol. The third-order valence-corrected chi connectivity index (χ3v) is 5.09. The van der Waals surface area contributed by atoms with Crippen LogP contribution in [-0.4, -0.2) is 17.3 Å². The van der Waals surface area contributed by atoms with Gasteiger partial charge < -0.3 is 10.4 Å². The molecule has 0 atom stereocenters. The normalized spacial score (nSPS) is 18.5. The lowest BCUT2D eigenvalue weighted by molar-refractivity contribution is 0.163. The molecule has 2 aromatic rings. The summed E-state index contributed by atoms with van der Waals surface area (Å²) >= 11 is 1.85. The molecule has 0 saturated heterocycles. The number of hydrogen-bond acceptors (Lipinski definition) is 3. The van der Waals surface area contributed by atoms with Gasteiger partial charge in [-0.05, 0) is 30.4 Å². The van der Waals surface area contributed by atoms with E-state index in [4.69, 9.17) is 0 Å². The Morgan fingerprint density at radius 1 is 1.22 bits per heavy atom. The van der Waals surface area contributed by atoms with E-state index in [-0.39, 0.29) is 12.1 Å². The molecule has 1 aliphatic carbocycles. The number of benzene rings is 1. The van der Waals surface area contributed by atoms with E-state index in [1.807, 2.05) is 11.3 Å². The molecule has 1 fully saturated rings. The van der Waals surface area contributed by atoms with Crippen molar-refractivity contribution in [1.82, 2.24) is 5.32 Å². The molecule has 1 aromatic carbocycles. The monoisotopic (exact) mass is 261 g/mol. The number of fused-ring (bicyclic) bond motifs is 1. The summed E-state index contributed by atoms with van der Waals surface area (Å²) in [5, 5.41) is 14.5. The highest BCUT2D eigenvalue weighted by atomic mass is 32.1. The second-order valence-electron chi connectivity index (χ2n) is 5.25. The van der Waals surface area contributed by atoms with Crippen LogP contribution < -0.4 is 5.32 Å². The highest BCUT2D eigenvalue weighted by Gasteiger charge is 2.32. The first-order chi connectivity index (χ1) is 8.81. The summed E-state index contributed by atoms with van der Waals surface area (Å²) in [6.07, 6.45) is 4.68. The molecule has 2 nitrogen and oxygen atoms in total. The average Bonchev–Trinajstić information content (AvgIpc) is 3.03. The fourth-order valence-corrected chi connectivity index (χ4v) is 3.85. The van der Waals surface area contributed by atoms with Gasteiger partial charge in [-0.15, -0.1) is 11.3 Å². The van der Waals surface area contributed by atoms with E-state index >= 15 is 0 Å². The van der Waals surface area contributed by atoms with Gasteiger partial charge in [0.2, 0.25) is 0 Å². The van der Waals surface area contributed by atoms with Crippen molar-refractivity contribution < 1.29 is 5.11 Å². The van der Waals surface area contributed by atoms with Crippen LogP contribution in [0.3, 0.4) is 0 Å². The Morgan fingerprint density at radius 2 is 2.00 bits per heavy atom. The first-order valence-corrected chi connectivity index (χ1v) is 7.46. The van der Waals surface area contributed by atoms with Crippen LogP contribution in [0.4, 0.5) is 0 Å². The molecule has 0 unspecified atom stereocenters. The van der Waals surface area contributed by atoms with E-state index in [1.165, 1.54) is 27.8 Å². The smallest absolute Gasteiger partial charge is 0.0613 e. The van der Waals surface area contributed by atoms with E-state index < -0.39 is 0 Å². The lowest BCUT2D eigenvalue weighted by atomic mass is 9.99. The first kappa shape index (κ1) is 12.2. The maximum atomic E-state index is 9.58. The fraction of sp³-hybridized carbons (Fsp3) is 0.467. The van der Waals surface area contributed by atoms with Gasteiger partial charge >= 0.3 is 0 Å². The van der Waals surface area contributed by atoms with Crippen molar-refractivity contribution in [2.45, 2.75) is 37.8 Å². The summed E-state index contributed by atoms with van der Waals surface area (Å²) in [6, 6.07) is 10.8. The average molecular weight is 261 g/mol. The molecule has 1 saturated carbocycles. The number of hydrogen-bond donors (Lipinski definition) is 2. The third-order valence-electron chi connectivity index (χ3n) is 3.98. The third kappa shape index (κ3) is 2.30. The van der Waals surface area contributed by atoms with Gasteiger partial charge in [-0.2, -0.15) is 0 Å².